The van der Waals surface area contributed by atoms with Gasteiger partial charge >= 0.3 is 0 Å². The van der Waals surface area contributed by atoms with Crippen molar-refractivity contribution in [2.24, 2.45) is 5.92 Å². The van der Waals surface area contributed by atoms with Crippen LogP contribution in [0, 0.1) is 5.92 Å². The Labute approximate surface area is 100 Å². The molecule has 2 nitrogen and oxygen atoms in total. The van der Waals surface area contributed by atoms with E-state index in [-0.39, 0.29) is 0 Å². The van der Waals surface area contributed by atoms with Crippen LogP contribution in [0.4, 0.5) is 0 Å². The standard InChI is InChI=1S/C14H27NO/c1-2-7-13(6-1)12-16-11-5-10-15-14-8-3-4-9-14/h13-15H,1-12H2. The largest absolute Gasteiger partial charge is 0.381 e. The van der Waals surface area contributed by atoms with Gasteiger partial charge in [0.1, 0.15) is 0 Å². The SMILES string of the molecule is C(CNC1CCCC1)COCC1CCCC1. The second-order valence-corrected chi connectivity index (χ2v) is 5.51. The summed E-state index contributed by atoms with van der Waals surface area (Å²) in [7, 11) is 0. The maximum atomic E-state index is 5.74. The minimum Gasteiger partial charge on any atom is -0.381 e. The van der Waals surface area contributed by atoms with Crippen LogP contribution in [0.3, 0.4) is 0 Å². The molecule has 2 fully saturated rings. The van der Waals surface area contributed by atoms with Gasteiger partial charge in [0.25, 0.3) is 0 Å². The molecule has 0 radical (unpaired) electrons. The Hall–Kier alpha value is -0.0800. The van der Waals surface area contributed by atoms with Gasteiger partial charge in [-0.05, 0) is 44.6 Å². The number of nitrogens with one attached hydrogen (secondary N) is 1. The van der Waals surface area contributed by atoms with Crippen LogP contribution in [0.25, 0.3) is 0 Å². The van der Waals surface area contributed by atoms with Gasteiger partial charge in [-0.15, -0.1) is 0 Å². The van der Waals surface area contributed by atoms with Crippen LogP contribution in [0.15, 0.2) is 0 Å². The normalized spacial score (nSPS) is 23.2. The minimum absolute atomic E-state index is 0.815. The lowest BCUT2D eigenvalue weighted by Crippen LogP contribution is -2.27. The zero-order valence-electron chi connectivity index (χ0n) is 10.5. The molecule has 16 heavy (non-hydrogen) atoms. The Morgan fingerprint density at radius 2 is 1.62 bits per heavy atom. The van der Waals surface area contributed by atoms with Gasteiger partial charge < -0.3 is 10.1 Å². The molecule has 94 valence electrons. The molecule has 0 aromatic rings. The number of ether oxygens (including phenoxy) is 1. The van der Waals surface area contributed by atoms with Crippen molar-refractivity contribution in [2.75, 3.05) is 19.8 Å². The van der Waals surface area contributed by atoms with Gasteiger partial charge in [-0.3, -0.25) is 0 Å². The van der Waals surface area contributed by atoms with Crippen molar-refractivity contribution in [3.8, 4) is 0 Å². The van der Waals surface area contributed by atoms with E-state index in [2.05, 4.69) is 5.32 Å². The first kappa shape index (κ1) is 12.4. The third kappa shape index (κ3) is 4.42. The van der Waals surface area contributed by atoms with E-state index in [1.165, 1.54) is 57.8 Å². The van der Waals surface area contributed by atoms with Gasteiger partial charge in [0.2, 0.25) is 0 Å². The van der Waals surface area contributed by atoms with E-state index in [0.717, 1.165) is 31.7 Å². The predicted octanol–water partition coefficient (Wildman–Crippen LogP) is 3.12. The van der Waals surface area contributed by atoms with Crippen LogP contribution in [0.1, 0.15) is 57.8 Å². The van der Waals surface area contributed by atoms with Crippen molar-refractivity contribution in [3.05, 3.63) is 0 Å². The summed E-state index contributed by atoms with van der Waals surface area (Å²) in [4.78, 5) is 0. The molecule has 0 heterocycles. The van der Waals surface area contributed by atoms with Gasteiger partial charge in [-0.25, -0.2) is 0 Å². The summed E-state index contributed by atoms with van der Waals surface area (Å²) in [5, 5.41) is 3.63. The molecule has 0 unspecified atom stereocenters. The molecule has 2 heteroatoms. The van der Waals surface area contributed by atoms with E-state index in [0.29, 0.717) is 0 Å². The second kappa shape index (κ2) is 7.29. The summed E-state index contributed by atoms with van der Waals surface area (Å²) in [6.07, 6.45) is 12.5. The van der Waals surface area contributed by atoms with E-state index in [1.807, 2.05) is 0 Å². The first-order valence-electron chi connectivity index (χ1n) is 7.26. The fourth-order valence-corrected chi connectivity index (χ4v) is 3.04. The van der Waals surface area contributed by atoms with Crippen molar-refractivity contribution in [3.63, 3.8) is 0 Å². The lowest BCUT2D eigenvalue weighted by Gasteiger charge is -2.12. The molecular formula is C14H27NO. The Morgan fingerprint density at radius 3 is 2.38 bits per heavy atom. The summed E-state index contributed by atoms with van der Waals surface area (Å²) in [6, 6.07) is 0.815. The molecule has 0 aliphatic heterocycles. The highest BCUT2D eigenvalue weighted by Gasteiger charge is 2.15. The lowest BCUT2D eigenvalue weighted by atomic mass is 10.1. The Morgan fingerprint density at radius 1 is 0.938 bits per heavy atom. The highest BCUT2D eigenvalue weighted by Crippen LogP contribution is 2.24. The van der Waals surface area contributed by atoms with E-state index in [9.17, 15) is 0 Å². The zero-order valence-corrected chi connectivity index (χ0v) is 10.5. The van der Waals surface area contributed by atoms with Crippen LogP contribution in [0.5, 0.6) is 0 Å². The third-order valence-corrected chi connectivity index (χ3v) is 4.08. The van der Waals surface area contributed by atoms with Crippen LogP contribution in [0.2, 0.25) is 0 Å². The average molecular weight is 225 g/mol. The minimum atomic E-state index is 0.815. The van der Waals surface area contributed by atoms with E-state index < -0.39 is 0 Å². The van der Waals surface area contributed by atoms with Crippen LogP contribution < -0.4 is 5.32 Å². The fourth-order valence-electron chi connectivity index (χ4n) is 3.04. The molecule has 0 spiro atoms. The highest BCUT2D eigenvalue weighted by atomic mass is 16.5. The molecule has 0 amide bonds. The number of rotatable bonds is 7. The van der Waals surface area contributed by atoms with Crippen molar-refractivity contribution in [1.82, 2.24) is 5.32 Å². The highest BCUT2D eigenvalue weighted by molar-refractivity contribution is 4.73. The molecular weight excluding hydrogens is 198 g/mol. The Kier molecular flexibility index (Phi) is 5.64. The molecule has 0 aromatic heterocycles. The van der Waals surface area contributed by atoms with Gasteiger partial charge in [0.15, 0.2) is 0 Å². The fraction of sp³-hybridized carbons (Fsp3) is 1.00. The third-order valence-electron chi connectivity index (χ3n) is 4.08. The molecule has 0 aromatic carbocycles. The van der Waals surface area contributed by atoms with Gasteiger partial charge in [-0.1, -0.05) is 25.7 Å². The van der Waals surface area contributed by atoms with Crippen molar-refractivity contribution in [2.45, 2.75) is 63.8 Å². The number of hydrogen-bond donors (Lipinski definition) is 1. The van der Waals surface area contributed by atoms with Crippen LogP contribution >= 0.6 is 0 Å². The summed E-state index contributed by atoms with van der Waals surface area (Å²) < 4.78 is 5.74. The topological polar surface area (TPSA) is 21.3 Å². The van der Waals surface area contributed by atoms with Gasteiger partial charge in [-0.2, -0.15) is 0 Å². The summed E-state index contributed by atoms with van der Waals surface area (Å²) in [6.45, 7) is 3.12. The molecule has 2 aliphatic carbocycles. The van der Waals surface area contributed by atoms with Gasteiger partial charge in [0, 0.05) is 19.3 Å². The zero-order chi connectivity index (χ0) is 11.1. The molecule has 0 bridgehead atoms. The predicted molar refractivity (Wildman–Crippen MR) is 67.7 cm³/mol. The summed E-state index contributed by atoms with van der Waals surface area (Å²) in [5.74, 6) is 0.878. The average Bonchev–Trinajstić information content (AvgIpc) is 2.96. The monoisotopic (exact) mass is 225 g/mol. The molecule has 1 N–H and O–H groups in total. The number of hydrogen-bond acceptors (Lipinski definition) is 2. The van der Waals surface area contributed by atoms with E-state index in [4.69, 9.17) is 4.74 Å². The summed E-state index contributed by atoms with van der Waals surface area (Å²) >= 11 is 0. The molecule has 2 saturated carbocycles. The van der Waals surface area contributed by atoms with E-state index in [1.54, 1.807) is 0 Å². The molecule has 0 atom stereocenters. The second-order valence-electron chi connectivity index (χ2n) is 5.51. The van der Waals surface area contributed by atoms with Crippen LogP contribution in [-0.4, -0.2) is 25.8 Å². The Bertz CT molecular complexity index is 152. The first-order valence-corrected chi connectivity index (χ1v) is 7.26. The van der Waals surface area contributed by atoms with Crippen molar-refractivity contribution < 1.29 is 4.74 Å². The van der Waals surface area contributed by atoms with E-state index >= 15 is 0 Å². The maximum Gasteiger partial charge on any atom is 0.0494 e. The molecule has 0 saturated heterocycles. The van der Waals surface area contributed by atoms with Gasteiger partial charge in [0.05, 0.1) is 0 Å². The maximum absolute atomic E-state index is 5.74. The summed E-state index contributed by atoms with van der Waals surface area (Å²) in [5.41, 5.74) is 0. The van der Waals surface area contributed by atoms with Crippen molar-refractivity contribution in [1.29, 1.82) is 0 Å². The smallest absolute Gasteiger partial charge is 0.0494 e. The quantitative estimate of drug-likeness (QED) is 0.672. The van der Waals surface area contributed by atoms with Crippen LogP contribution in [-0.2, 0) is 4.74 Å². The lowest BCUT2D eigenvalue weighted by molar-refractivity contribution is 0.0989. The molecule has 2 rings (SSSR count). The molecule has 2 aliphatic rings. The Balaban J connectivity index is 1.37. The first-order chi connectivity index (χ1) is 7.95. The van der Waals surface area contributed by atoms with Crippen molar-refractivity contribution >= 4 is 0 Å².